The van der Waals surface area contributed by atoms with E-state index in [4.69, 9.17) is 9.47 Å². The van der Waals surface area contributed by atoms with E-state index in [1.807, 2.05) is 18.2 Å². The van der Waals surface area contributed by atoms with Gasteiger partial charge in [0.05, 0.1) is 12.9 Å². The van der Waals surface area contributed by atoms with Crippen LogP contribution in [0.2, 0.25) is 0 Å². The number of nitrogens with zero attached hydrogens (tertiary/aromatic N) is 2. The molecule has 0 spiro atoms. The Morgan fingerprint density at radius 2 is 1.54 bits per heavy atom. The molecule has 1 heterocycles. The van der Waals surface area contributed by atoms with E-state index < -0.39 is 10.0 Å². The Morgan fingerprint density at radius 3 is 2.14 bits per heavy atom. The number of benzene rings is 2. The van der Waals surface area contributed by atoms with Gasteiger partial charge in [-0.15, -0.1) is 0 Å². The summed E-state index contributed by atoms with van der Waals surface area (Å²) >= 11 is 0. The van der Waals surface area contributed by atoms with Crippen LogP contribution in [-0.4, -0.2) is 63.4 Å². The lowest BCUT2D eigenvalue weighted by Gasteiger charge is -2.34. The number of rotatable bonds is 7. The highest BCUT2D eigenvalue weighted by Crippen LogP contribution is 2.17. The molecule has 1 aliphatic rings. The van der Waals surface area contributed by atoms with Gasteiger partial charge in [0.25, 0.3) is 5.91 Å². The van der Waals surface area contributed by atoms with Crippen molar-refractivity contribution in [3.63, 3.8) is 0 Å². The molecule has 0 unspecified atom stereocenters. The third kappa shape index (κ3) is 5.24. The topological polar surface area (TPSA) is 76.2 Å². The monoisotopic (exact) mass is 404 g/mol. The fraction of sp³-hybridized carbons (Fsp3) is 0.350. The van der Waals surface area contributed by atoms with Crippen molar-refractivity contribution in [3.8, 4) is 11.5 Å². The minimum Gasteiger partial charge on any atom is -0.497 e. The lowest BCUT2D eigenvalue weighted by Crippen LogP contribution is -2.51. The predicted octanol–water partition coefficient (Wildman–Crippen LogP) is 1.75. The van der Waals surface area contributed by atoms with Gasteiger partial charge in [-0.1, -0.05) is 30.3 Å². The van der Waals surface area contributed by atoms with Crippen LogP contribution in [0.1, 0.15) is 5.56 Å². The highest BCUT2D eigenvalue weighted by atomic mass is 32.2. The number of sulfonamides is 1. The quantitative estimate of drug-likeness (QED) is 0.703. The van der Waals surface area contributed by atoms with Crippen molar-refractivity contribution >= 4 is 15.9 Å². The second-order valence-corrected chi connectivity index (χ2v) is 8.45. The molecule has 150 valence electrons. The van der Waals surface area contributed by atoms with Crippen molar-refractivity contribution in [1.82, 2.24) is 9.21 Å². The van der Waals surface area contributed by atoms with Gasteiger partial charge < -0.3 is 14.4 Å². The highest BCUT2D eigenvalue weighted by Gasteiger charge is 2.29. The zero-order valence-corrected chi connectivity index (χ0v) is 16.6. The molecule has 1 amide bonds. The van der Waals surface area contributed by atoms with Crippen LogP contribution in [0.3, 0.4) is 0 Å². The minimum atomic E-state index is -3.40. The fourth-order valence-electron chi connectivity index (χ4n) is 3.00. The maximum atomic E-state index is 12.6. The standard InChI is InChI=1S/C20H24N2O5S/c1-26-18-7-9-19(10-8-18)27-15-20(23)21-11-13-22(14-12-21)28(24,25)16-17-5-3-2-4-6-17/h2-10H,11-16H2,1H3. The first kappa shape index (κ1) is 20.2. The van der Waals surface area contributed by atoms with Crippen molar-refractivity contribution in [2.45, 2.75) is 5.75 Å². The second-order valence-electron chi connectivity index (χ2n) is 6.49. The first-order valence-electron chi connectivity index (χ1n) is 9.04. The summed E-state index contributed by atoms with van der Waals surface area (Å²) in [4.78, 5) is 14.0. The fourth-order valence-corrected chi connectivity index (χ4v) is 4.52. The molecule has 0 saturated carbocycles. The summed E-state index contributed by atoms with van der Waals surface area (Å²) in [6.07, 6.45) is 0. The van der Waals surface area contributed by atoms with E-state index in [2.05, 4.69) is 0 Å². The molecule has 0 bridgehead atoms. The summed E-state index contributed by atoms with van der Waals surface area (Å²) in [6.45, 7) is 1.23. The van der Waals surface area contributed by atoms with Gasteiger partial charge in [0, 0.05) is 26.2 Å². The van der Waals surface area contributed by atoms with Gasteiger partial charge in [-0.05, 0) is 29.8 Å². The zero-order chi connectivity index (χ0) is 20.0. The average molecular weight is 404 g/mol. The van der Waals surface area contributed by atoms with Crippen molar-refractivity contribution in [2.75, 3.05) is 39.9 Å². The maximum absolute atomic E-state index is 12.6. The Hall–Kier alpha value is -2.58. The SMILES string of the molecule is COc1ccc(OCC(=O)N2CCN(S(=O)(=O)Cc3ccccc3)CC2)cc1. The lowest BCUT2D eigenvalue weighted by molar-refractivity contribution is -0.134. The number of ether oxygens (including phenoxy) is 2. The van der Waals surface area contributed by atoms with Crippen LogP contribution >= 0.6 is 0 Å². The highest BCUT2D eigenvalue weighted by molar-refractivity contribution is 7.88. The molecule has 1 aliphatic heterocycles. The summed E-state index contributed by atoms with van der Waals surface area (Å²) in [5.74, 6) is 1.11. The Balaban J connectivity index is 1.48. The van der Waals surface area contributed by atoms with Crippen molar-refractivity contribution in [3.05, 3.63) is 60.2 Å². The molecular weight excluding hydrogens is 380 g/mol. The molecule has 7 nitrogen and oxygen atoms in total. The van der Waals surface area contributed by atoms with E-state index >= 15 is 0 Å². The van der Waals surface area contributed by atoms with Gasteiger partial charge in [0.15, 0.2) is 6.61 Å². The molecule has 3 rings (SSSR count). The third-order valence-corrected chi connectivity index (χ3v) is 6.45. The van der Waals surface area contributed by atoms with Gasteiger partial charge in [-0.25, -0.2) is 8.42 Å². The Labute approximate surface area is 165 Å². The van der Waals surface area contributed by atoms with Crippen molar-refractivity contribution in [2.24, 2.45) is 0 Å². The summed E-state index contributed by atoms with van der Waals surface area (Å²) in [5, 5.41) is 0. The smallest absolute Gasteiger partial charge is 0.260 e. The van der Waals surface area contributed by atoms with E-state index in [1.165, 1.54) is 4.31 Å². The van der Waals surface area contributed by atoms with Gasteiger partial charge in [0.2, 0.25) is 10.0 Å². The number of hydrogen-bond acceptors (Lipinski definition) is 5. The molecule has 1 saturated heterocycles. The number of piperazine rings is 1. The molecule has 0 aromatic heterocycles. The molecular formula is C20H24N2O5S. The Bertz CT molecular complexity index is 877. The van der Waals surface area contributed by atoms with E-state index in [-0.39, 0.29) is 18.3 Å². The van der Waals surface area contributed by atoms with Crippen LogP contribution in [0, 0.1) is 0 Å². The summed E-state index contributed by atoms with van der Waals surface area (Å²) in [7, 11) is -1.81. The number of amides is 1. The first-order valence-corrected chi connectivity index (χ1v) is 10.7. The molecule has 8 heteroatoms. The van der Waals surface area contributed by atoms with Crippen molar-refractivity contribution in [1.29, 1.82) is 0 Å². The molecule has 0 atom stereocenters. The number of hydrogen-bond donors (Lipinski definition) is 0. The molecule has 0 N–H and O–H groups in total. The number of methoxy groups -OCH3 is 1. The van der Waals surface area contributed by atoms with E-state index in [0.29, 0.717) is 37.7 Å². The Morgan fingerprint density at radius 1 is 0.929 bits per heavy atom. The van der Waals surface area contributed by atoms with Gasteiger partial charge in [0.1, 0.15) is 11.5 Å². The van der Waals surface area contributed by atoms with Gasteiger partial charge >= 0.3 is 0 Å². The maximum Gasteiger partial charge on any atom is 0.260 e. The van der Waals surface area contributed by atoms with Crippen LogP contribution in [0.15, 0.2) is 54.6 Å². The first-order chi connectivity index (χ1) is 13.5. The second kappa shape index (κ2) is 9.07. The summed E-state index contributed by atoms with van der Waals surface area (Å²) < 4.78 is 37.2. The lowest BCUT2D eigenvalue weighted by atomic mass is 10.2. The van der Waals surface area contributed by atoms with Crippen LogP contribution < -0.4 is 9.47 Å². The molecule has 1 fully saturated rings. The average Bonchev–Trinajstić information content (AvgIpc) is 2.73. The van der Waals surface area contributed by atoms with Crippen molar-refractivity contribution < 1.29 is 22.7 Å². The zero-order valence-electron chi connectivity index (χ0n) is 15.8. The minimum absolute atomic E-state index is 0.0254. The van der Waals surface area contributed by atoms with Crippen LogP contribution in [0.5, 0.6) is 11.5 Å². The predicted molar refractivity (Wildman–Crippen MR) is 106 cm³/mol. The van der Waals surface area contributed by atoms with Gasteiger partial charge in [-0.3, -0.25) is 4.79 Å². The molecule has 2 aromatic rings. The van der Waals surface area contributed by atoms with Crippen LogP contribution in [-0.2, 0) is 20.6 Å². The normalized spacial score (nSPS) is 15.2. The molecule has 28 heavy (non-hydrogen) atoms. The van der Waals surface area contributed by atoms with E-state index in [1.54, 1.807) is 48.4 Å². The van der Waals surface area contributed by atoms with E-state index in [0.717, 1.165) is 5.56 Å². The molecule has 2 aromatic carbocycles. The Kier molecular flexibility index (Phi) is 6.53. The van der Waals surface area contributed by atoms with Crippen LogP contribution in [0.4, 0.5) is 0 Å². The molecule has 0 radical (unpaired) electrons. The number of carbonyl (C=O) groups is 1. The van der Waals surface area contributed by atoms with Crippen LogP contribution in [0.25, 0.3) is 0 Å². The summed E-state index contributed by atoms with van der Waals surface area (Å²) in [6, 6.07) is 16.1. The third-order valence-electron chi connectivity index (χ3n) is 4.60. The van der Waals surface area contributed by atoms with E-state index in [9.17, 15) is 13.2 Å². The van der Waals surface area contributed by atoms with Gasteiger partial charge in [-0.2, -0.15) is 4.31 Å². The summed E-state index contributed by atoms with van der Waals surface area (Å²) in [5.41, 5.74) is 0.758. The number of carbonyl (C=O) groups excluding carboxylic acids is 1. The largest absolute Gasteiger partial charge is 0.497 e. The molecule has 0 aliphatic carbocycles.